The SMILES string of the molecule is COc1cc(OC)cc(C(=O)N2CCN(C(C)C)CC2)c1. The molecule has 0 aliphatic carbocycles. The van der Waals surface area contributed by atoms with Crippen LogP contribution < -0.4 is 9.47 Å². The maximum Gasteiger partial charge on any atom is 0.254 e. The molecule has 5 nitrogen and oxygen atoms in total. The van der Waals surface area contributed by atoms with Gasteiger partial charge in [-0.3, -0.25) is 9.69 Å². The zero-order valence-corrected chi connectivity index (χ0v) is 13.3. The van der Waals surface area contributed by atoms with E-state index in [9.17, 15) is 4.79 Å². The summed E-state index contributed by atoms with van der Waals surface area (Å²) in [4.78, 5) is 16.9. The molecule has 1 saturated heterocycles. The van der Waals surface area contributed by atoms with Gasteiger partial charge in [0.25, 0.3) is 5.91 Å². The molecular weight excluding hydrogens is 268 g/mol. The standard InChI is InChI=1S/C16H24N2O3/c1-12(2)17-5-7-18(8-6-17)16(19)13-9-14(20-3)11-15(10-13)21-4/h9-12H,5-8H2,1-4H3. The fraction of sp³-hybridized carbons (Fsp3) is 0.562. The van der Waals surface area contributed by atoms with E-state index in [0.717, 1.165) is 26.2 Å². The molecule has 1 aliphatic heterocycles. The molecule has 0 spiro atoms. The van der Waals surface area contributed by atoms with Crippen molar-refractivity contribution in [2.24, 2.45) is 0 Å². The van der Waals surface area contributed by atoms with E-state index in [1.54, 1.807) is 32.4 Å². The van der Waals surface area contributed by atoms with Crippen molar-refractivity contribution in [3.05, 3.63) is 23.8 Å². The van der Waals surface area contributed by atoms with E-state index < -0.39 is 0 Å². The molecule has 1 aliphatic rings. The van der Waals surface area contributed by atoms with Gasteiger partial charge in [0.15, 0.2) is 0 Å². The van der Waals surface area contributed by atoms with Crippen LogP contribution in [0.15, 0.2) is 18.2 Å². The van der Waals surface area contributed by atoms with Gasteiger partial charge in [-0.05, 0) is 26.0 Å². The molecule has 21 heavy (non-hydrogen) atoms. The molecule has 0 saturated carbocycles. The van der Waals surface area contributed by atoms with Gasteiger partial charge in [-0.1, -0.05) is 0 Å². The number of carbonyl (C=O) groups is 1. The van der Waals surface area contributed by atoms with E-state index >= 15 is 0 Å². The van der Waals surface area contributed by atoms with Crippen molar-refractivity contribution in [1.29, 1.82) is 0 Å². The third kappa shape index (κ3) is 3.67. The number of rotatable bonds is 4. The maximum absolute atomic E-state index is 12.6. The summed E-state index contributed by atoms with van der Waals surface area (Å²) in [5.74, 6) is 1.31. The van der Waals surface area contributed by atoms with Gasteiger partial charge in [-0.25, -0.2) is 0 Å². The van der Waals surface area contributed by atoms with Crippen molar-refractivity contribution in [1.82, 2.24) is 9.80 Å². The fourth-order valence-corrected chi connectivity index (χ4v) is 2.55. The van der Waals surface area contributed by atoms with Crippen molar-refractivity contribution in [3.8, 4) is 11.5 Å². The zero-order chi connectivity index (χ0) is 15.4. The first-order valence-electron chi connectivity index (χ1n) is 7.31. The van der Waals surface area contributed by atoms with E-state index in [-0.39, 0.29) is 5.91 Å². The summed E-state index contributed by atoms with van der Waals surface area (Å²) >= 11 is 0. The van der Waals surface area contributed by atoms with Crippen LogP contribution in [0.25, 0.3) is 0 Å². The van der Waals surface area contributed by atoms with Gasteiger partial charge in [0.2, 0.25) is 0 Å². The highest BCUT2D eigenvalue weighted by molar-refractivity contribution is 5.95. The summed E-state index contributed by atoms with van der Waals surface area (Å²) in [5, 5.41) is 0. The first-order valence-corrected chi connectivity index (χ1v) is 7.31. The summed E-state index contributed by atoms with van der Waals surface area (Å²) in [6.07, 6.45) is 0. The Bertz CT molecular complexity index is 472. The van der Waals surface area contributed by atoms with E-state index in [0.29, 0.717) is 23.1 Å². The molecule has 116 valence electrons. The number of amides is 1. The predicted octanol–water partition coefficient (Wildman–Crippen LogP) is 1.87. The van der Waals surface area contributed by atoms with Crippen LogP contribution in [0.3, 0.4) is 0 Å². The highest BCUT2D eigenvalue weighted by Crippen LogP contribution is 2.23. The minimum Gasteiger partial charge on any atom is -0.497 e. The Morgan fingerprint density at radius 1 is 1.00 bits per heavy atom. The lowest BCUT2D eigenvalue weighted by molar-refractivity contribution is 0.0595. The monoisotopic (exact) mass is 292 g/mol. The number of hydrogen-bond donors (Lipinski definition) is 0. The Balaban J connectivity index is 2.10. The van der Waals surface area contributed by atoms with Gasteiger partial charge in [-0.2, -0.15) is 0 Å². The lowest BCUT2D eigenvalue weighted by Gasteiger charge is -2.37. The second kappa shape index (κ2) is 6.80. The third-order valence-corrected chi connectivity index (χ3v) is 3.93. The Kier molecular flexibility index (Phi) is 5.07. The van der Waals surface area contributed by atoms with Gasteiger partial charge in [-0.15, -0.1) is 0 Å². The van der Waals surface area contributed by atoms with E-state index in [1.165, 1.54) is 0 Å². The Morgan fingerprint density at radius 3 is 1.95 bits per heavy atom. The Labute approximate surface area is 126 Å². The minimum atomic E-state index is 0.0376. The largest absolute Gasteiger partial charge is 0.497 e. The number of benzene rings is 1. The molecule has 1 aromatic rings. The summed E-state index contributed by atoms with van der Waals surface area (Å²) in [6.45, 7) is 7.73. The molecule has 2 rings (SSSR count). The van der Waals surface area contributed by atoms with Crippen LogP contribution >= 0.6 is 0 Å². The van der Waals surface area contributed by atoms with Crippen LogP contribution in [-0.2, 0) is 0 Å². The topological polar surface area (TPSA) is 42.0 Å². The number of hydrogen-bond acceptors (Lipinski definition) is 4. The number of nitrogens with zero attached hydrogens (tertiary/aromatic N) is 2. The van der Waals surface area contributed by atoms with Gasteiger partial charge >= 0.3 is 0 Å². The molecule has 1 amide bonds. The third-order valence-electron chi connectivity index (χ3n) is 3.93. The van der Waals surface area contributed by atoms with E-state index in [1.807, 2.05) is 4.90 Å². The van der Waals surface area contributed by atoms with Crippen molar-refractivity contribution in [2.75, 3.05) is 40.4 Å². The first kappa shape index (κ1) is 15.6. The molecular formula is C16H24N2O3. The summed E-state index contributed by atoms with van der Waals surface area (Å²) in [6, 6.07) is 5.83. The zero-order valence-electron chi connectivity index (χ0n) is 13.3. The first-order chi connectivity index (χ1) is 10.0. The van der Waals surface area contributed by atoms with Crippen molar-refractivity contribution in [3.63, 3.8) is 0 Å². The average Bonchev–Trinajstić information content (AvgIpc) is 2.53. The normalized spacial score (nSPS) is 16.1. The molecule has 1 heterocycles. The van der Waals surface area contributed by atoms with Gasteiger partial charge in [0.05, 0.1) is 14.2 Å². The van der Waals surface area contributed by atoms with Gasteiger partial charge in [0, 0.05) is 43.9 Å². The van der Waals surface area contributed by atoms with Crippen LogP contribution in [0.2, 0.25) is 0 Å². The molecule has 1 aromatic carbocycles. The van der Waals surface area contributed by atoms with Gasteiger partial charge in [0.1, 0.15) is 11.5 Å². The van der Waals surface area contributed by atoms with Crippen molar-refractivity contribution >= 4 is 5.91 Å². The molecule has 0 unspecified atom stereocenters. The minimum absolute atomic E-state index is 0.0376. The second-order valence-electron chi connectivity index (χ2n) is 5.52. The lowest BCUT2D eigenvalue weighted by atomic mass is 10.1. The van der Waals surface area contributed by atoms with Crippen LogP contribution in [-0.4, -0.2) is 62.1 Å². The smallest absolute Gasteiger partial charge is 0.254 e. The highest BCUT2D eigenvalue weighted by atomic mass is 16.5. The molecule has 1 fully saturated rings. The summed E-state index contributed by atoms with van der Waals surface area (Å²) < 4.78 is 10.4. The van der Waals surface area contributed by atoms with E-state index in [4.69, 9.17) is 9.47 Å². The Morgan fingerprint density at radius 2 is 1.52 bits per heavy atom. The Hall–Kier alpha value is -1.75. The van der Waals surface area contributed by atoms with Crippen molar-refractivity contribution < 1.29 is 14.3 Å². The molecule has 0 bridgehead atoms. The maximum atomic E-state index is 12.6. The van der Waals surface area contributed by atoms with Crippen LogP contribution in [0, 0.1) is 0 Å². The lowest BCUT2D eigenvalue weighted by Crippen LogP contribution is -2.50. The second-order valence-corrected chi connectivity index (χ2v) is 5.52. The molecule has 0 N–H and O–H groups in total. The van der Waals surface area contributed by atoms with Crippen molar-refractivity contribution in [2.45, 2.75) is 19.9 Å². The number of ether oxygens (including phenoxy) is 2. The molecule has 0 atom stereocenters. The highest BCUT2D eigenvalue weighted by Gasteiger charge is 2.24. The predicted molar refractivity (Wildman–Crippen MR) is 82.2 cm³/mol. The fourth-order valence-electron chi connectivity index (χ4n) is 2.55. The summed E-state index contributed by atoms with van der Waals surface area (Å²) in [5.41, 5.74) is 0.615. The van der Waals surface area contributed by atoms with Crippen LogP contribution in [0.4, 0.5) is 0 Å². The summed E-state index contributed by atoms with van der Waals surface area (Å²) in [7, 11) is 3.18. The van der Waals surface area contributed by atoms with Gasteiger partial charge < -0.3 is 14.4 Å². The van der Waals surface area contributed by atoms with Crippen LogP contribution in [0.1, 0.15) is 24.2 Å². The van der Waals surface area contributed by atoms with Crippen LogP contribution in [0.5, 0.6) is 11.5 Å². The molecule has 0 radical (unpaired) electrons. The average molecular weight is 292 g/mol. The quantitative estimate of drug-likeness (QED) is 0.849. The number of carbonyl (C=O) groups excluding carboxylic acids is 1. The number of piperazine rings is 1. The molecule has 5 heteroatoms. The molecule has 0 aromatic heterocycles. The van der Waals surface area contributed by atoms with E-state index in [2.05, 4.69) is 18.7 Å². The number of methoxy groups -OCH3 is 2.